The summed E-state index contributed by atoms with van der Waals surface area (Å²) in [6, 6.07) is 0. The van der Waals surface area contributed by atoms with Crippen LogP contribution in [0.15, 0.2) is 0 Å². The molecule has 0 bridgehead atoms. The van der Waals surface area contributed by atoms with Crippen LogP contribution in [0.3, 0.4) is 0 Å². The molecule has 5 nitrogen and oxygen atoms in total. The molecule has 21 heavy (non-hydrogen) atoms. The van der Waals surface area contributed by atoms with Gasteiger partial charge in [0.1, 0.15) is 18.3 Å². The molecule has 1 rings (SSSR count). The number of aliphatic hydroxyl groups excluding tert-OH is 3. The summed E-state index contributed by atoms with van der Waals surface area (Å²) >= 11 is 0. The fourth-order valence-corrected chi connectivity index (χ4v) is 2.59. The van der Waals surface area contributed by atoms with E-state index in [1.54, 1.807) is 6.92 Å². The lowest BCUT2D eigenvalue weighted by atomic mass is 10.00. The quantitative estimate of drug-likeness (QED) is 0.538. The average Bonchev–Trinajstić information content (AvgIpc) is 2.48. The van der Waals surface area contributed by atoms with Gasteiger partial charge in [-0.1, -0.05) is 51.9 Å². The SMILES string of the molecule is CCCCCCCCCCOC1O[C@H](C)[C@@H](O)[C@H](O)[C@@H]1O. The van der Waals surface area contributed by atoms with Crippen molar-refractivity contribution < 1.29 is 24.8 Å². The van der Waals surface area contributed by atoms with E-state index in [-0.39, 0.29) is 0 Å². The molecule has 1 saturated heterocycles. The van der Waals surface area contributed by atoms with Gasteiger partial charge in [0.05, 0.1) is 6.10 Å². The van der Waals surface area contributed by atoms with Gasteiger partial charge in [-0.25, -0.2) is 0 Å². The highest BCUT2D eigenvalue weighted by molar-refractivity contribution is 4.87. The second kappa shape index (κ2) is 10.5. The van der Waals surface area contributed by atoms with Gasteiger partial charge < -0.3 is 24.8 Å². The smallest absolute Gasteiger partial charge is 0.186 e. The highest BCUT2D eigenvalue weighted by Crippen LogP contribution is 2.22. The van der Waals surface area contributed by atoms with Crippen LogP contribution >= 0.6 is 0 Å². The number of unbranched alkanes of at least 4 members (excludes halogenated alkanes) is 7. The van der Waals surface area contributed by atoms with Crippen molar-refractivity contribution in [3.05, 3.63) is 0 Å². The van der Waals surface area contributed by atoms with Gasteiger partial charge in [0.25, 0.3) is 0 Å². The van der Waals surface area contributed by atoms with E-state index in [0.717, 1.165) is 12.8 Å². The molecular formula is C16H32O5. The van der Waals surface area contributed by atoms with Crippen LogP contribution in [0.2, 0.25) is 0 Å². The third kappa shape index (κ3) is 6.61. The van der Waals surface area contributed by atoms with Gasteiger partial charge >= 0.3 is 0 Å². The van der Waals surface area contributed by atoms with Crippen molar-refractivity contribution >= 4 is 0 Å². The topological polar surface area (TPSA) is 79.2 Å². The number of rotatable bonds is 10. The number of ether oxygens (including phenoxy) is 2. The maximum Gasteiger partial charge on any atom is 0.186 e. The number of aliphatic hydroxyl groups is 3. The minimum atomic E-state index is -1.21. The van der Waals surface area contributed by atoms with Crippen molar-refractivity contribution in [3.8, 4) is 0 Å². The van der Waals surface area contributed by atoms with Crippen LogP contribution in [-0.4, -0.2) is 52.6 Å². The molecule has 1 aliphatic heterocycles. The van der Waals surface area contributed by atoms with Crippen molar-refractivity contribution in [1.29, 1.82) is 0 Å². The summed E-state index contributed by atoms with van der Waals surface area (Å²) in [4.78, 5) is 0. The first kappa shape index (κ1) is 18.8. The Bertz CT molecular complexity index is 261. The lowest BCUT2D eigenvalue weighted by molar-refractivity contribution is -0.293. The van der Waals surface area contributed by atoms with Crippen LogP contribution in [0.5, 0.6) is 0 Å². The molecule has 0 spiro atoms. The number of hydrogen-bond donors (Lipinski definition) is 3. The van der Waals surface area contributed by atoms with Gasteiger partial charge in [0.2, 0.25) is 0 Å². The predicted molar refractivity (Wildman–Crippen MR) is 80.9 cm³/mol. The van der Waals surface area contributed by atoms with E-state index in [2.05, 4.69) is 6.92 Å². The van der Waals surface area contributed by atoms with Crippen molar-refractivity contribution in [3.63, 3.8) is 0 Å². The molecule has 0 aromatic rings. The Hall–Kier alpha value is -0.200. The van der Waals surface area contributed by atoms with Crippen LogP contribution in [0.1, 0.15) is 65.2 Å². The molecule has 126 valence electrons. The van der Waals surface area contributed by atoms with Gasteiger partial charge in [0.15, 0.2) is 6.29 Å². The molecule has 1 unspecified atom stereocenters. The Morgan fingerprint density at radius 1 is 0.810 bits per heavy atom. The van der Waals surface area contributed by atoms with E-state index in [0.29, 0.717) is 6.61 Å². The second-order valence-electron chi connectivity index (χ2n) is 6.03. The van der Waals surface area contributed by atoms with E-state index in [1.807, 2.05) is 0 Å². The van der Waals surface area contributed by atoms with Crippen LogP contribution in [-0.2, 0) is 9.47 Å². The molecule has 3 N–H and O–H groups in total. The van der Waals surface area contributed by atoms with E-state index < -0.39 is 30.7 Å². The number of hydrogen-bond acceptors (Lipinski definition) is 5. The summed E-state index contributed by atoms with van der Waals surface area (Å²) in [5.74, 6) is 0. The molecule has 1 fully saturated rings. The summed E-state index contributed by atoms with van der Waals surface area (Å²) in [5.41, 5.74) is 0. The molecule has 5 heteroatoms. The van der Waals surface area contributed by atoms with Crippen molar-refractivity contribution in [2.75, 3.05) is 6.61 Å². The van der Waals surface area contributed by atoms with Gasteiger partial charge in [-0.15, -0.1) is 0 Å². The van der Waals surface area contributed by atoms with Gasteiger partial charge in [-0.3, -0.25) is 0 Å². The van der Waals surface area contributed by atoms with Crippen LogP contribution in [0.25, 0.3) is 0 Å². The highest BCUT2D eigenvalue weighted by Gasteiger charge is 2.42. The molecule has 1 aliphatic rings. The van der Waals surface area contributed by atoms with Crippen LogP contribution in [0, 0.1) is 0 Å². The minimum Gasteiger partial charge on any atom is -0.388 e. The predicted octanol–water partition coefficient (Wildman–Crippen LogP) is 1.97. The highest BCUT2D eigenvalue weighted by atomic mass is 16.7. The average molecular weight is 304 g/mol. The maximum atomic E-state index is 9.79. The second-order valence-corrected chi connectivity index (χ2v) is 6.03. The van der Waals surface area contributed by atoms with E-state index in [1.165, 1.54) is 38.5 Å². The van der Waals surface area contributed by atoms with Crippen molar-refractivity contribution in [2.24, 2.45) is 0 Å². The first-order chi connectivity index (χ1) is 10.1. The molecule has 1 heterocycles. The Morgan fingerprint density at radius 3 is 2.00 bits per heavy atom. The first-order valence-corrected chi connectivity index (χ1v) is 8.39. The molecule has 0 aromatic heterocycles. The lowest BCUT2D eigenvalue weighted by Gasteiger charge is -2.38. The third-order valence-corrected chi connectivity index (χ3v) is 4.09. The summed E-state index contributed by atoms with van der Waals surface area (Å²) < 4.78 is 10.9. The minimum absolute atomic E-state index is 0.506. The first-order valence-electron chi connectivity index (χ1n) is 8.39. The molecule has 0 aromatic carbocycles. The Kier molecular flexibility index (Phi) is 9.44. The Balaban J connectivity index is 2.04. The van der Waals surface area contributed by atoms with Crippen LogP contribution < -0.4 is 0 Å². The van der Waals surface area contributed by atoms with Crippen molar-refractivity contribution in [1.82, 2.24) is 0 Å². The monoisotopic (exact) mass is 304 g/mol. The largest absolute Gasteiger partial charge is 0.388 e. The molecule has 0 aliphatic carbocycles. The fourth-order valence-electron chi connectivity index (χ4n) is 2.59. The molecule has 5 atom stereocenters. The Labute approximate surface area is 128 Å². The fraction of sp³-hybridized carbons (Fsp3) is 1.00. The zero-order valence-electron chi connectivity index (χ0n) is 13.4. The van der Waals surface area contributed by atoms with E-state index in [9.17, 15) is 15.3 Å². The van der Waals surface area contributed by atoms with Gasteiger partial charge in [0, 0.05) is 6.61 Å². The lowest BCUT2D eigenvalue weighted by Crippen LogP contribution is -2.57. The van der Waals surface area contributed by atoms with E-state index >= 15 is 0 Å². The summed E-state index contributed by atoms with van der Waals surface area (Å²) in [7, 11) is 0. The third-order valence-electron chi connectivity index (χ3n) is 4.09. The molecule has 0 radical (unpaired) electrons. The summed E-state index contributed by atoms with van der Waals surface area (Å²) in [5, 5.41) is 29.0. The molecular weight excluding hydrogens is 272 g/mol. The standard InChI is InChI=1S/C16H32O5/c1-3-4-5-6-7-8-9-10-11-20-16-15(19)14(18)13(17)12(2)21-16/h12-19H,3-11H2,1-2H3/t12-,13-,14+,15+,16?/m1/s1. The van der Waals surface area contributed by atoms with Crippen LogP contribution in [0.4, 0.5) is 0 Å². The summed E-state index contributed by atoms with van der Waals surface area (Å²) in [6.07, 6.45) is 4.89. The molecule has 0 amide bonds. The maximum absolute atomic E-state index is 9.79. The van der Waals surface area contributed by atoms with Gasteiger partial charge in [-0.05, 0) is 13.3 Å². The van der Waals surface area contributed by atoms with Crippen molar-refractivity contribution in [2.45, 2.75) is 95.9 Å². The summed E-state index contributed by atoms with van der Waals surface area (Å²) in [6.45, 7) is 4.38. The normalized spacial score (nSPS) is 33.3. The van der Waals surface area contributed by atoms with E-state index in [4.69, 9.17) is 9.47 Å². The zero-order chi connectivity index (χ0) is 15.7. The van der Waals surface area contributed by atoms with Gasteiger partial charge in [-0.2, -0.15) is 0 Å². The zero-order valence-corrected chi connectivity index (χ0v) is 13.4. The molecule has 0 saturated carbocycles. The Morgan fingerprint density at radius 2 is 1.38 bits per heavy atom.